The zero-order valence-corrected chi connectivity index (χ0v) is 25.3. The van der Waals surface area contributed by atoms with Crippen molar-refractivity contribution in [2.75, 3.05) is 37.6 Å². The van der Waals surface area contributed by atoms with Crippen LogP contribution in [0.1, 0.15) is 34.5 Å². The molecule has 0 unspecified atom stereocenters. The number of carbonyl (C=O) groups excluding carboxylic acids is 3. The van der Waals surface area contributed by atoms with E-state index < -0.39 is 12.6 Å². The van der Waals surface area contributed by atoms with Crippen LogP contribution in [0, 0.1) is 0 Å². The molecular weight excluding hydrogens is 606 g/mol. The van der Waals surface area contributed by atoms with E-state index in [9.17, 15) is 23.2 Å². The summed E-state index contributed by atoms with van der Waals surface area (Å²) in [6.07, 6.45) is 5.10. The minimum Gasteiger partial charge on any atom is -0.354 e. The monoisotopic (exact) mass is 636 g/mol. The number of urea groups is 1. The van der Waals surface area contributed by atoms with E-state index in [1.807, 2.05) is 42.5 Å². The number of nitrogens with zero attached hydrogens (tertiary/aromatic N) is 7. The topological polar surface area (TPSA) is 107 Å². The van der Waals surface area contributed by atoms with Gasteiger partial charge >= 0.3 is 12.6 Å². The first-order valence-electron chi connectivity index (χ1n) is 15.5. The maximum atomic E-state index is 14.1. The molecule has 6 heterocycles. The largest absolute Gasteiger partial charge is 0.354 e. The minimum absolute atomic E-state index is 0.160. The highest BCUT2D eigenvalue weighted by Gasteiger charge is 2.37. The first-order chi connectivity index (χ1) is 22.8. The van der Waals surface area contributed by atoms with Crippen LogP contribution in [0.25, 0.3) is 32.9 Å². The number of amides is 4. The fourth-order valence-electron chi connectivity index (χ4n) is 6.86. The number of carbonyl (C=O) groups is 3. The van der Waals surface area contributed by atoms with Gasteiger partial charge < -0.3 is 4.90 Å². The normalized spacial score (nSPS) is 17.3. The van der Waals surface area contributed by atoms with Crippen molar-refractivity contribution in [3.63, 3.8) is 0 Å². The summed E-state index contributed by atoms with van der Waals surface area (Å²) < 4.78 is 29.2. The molecule has 0 saturated carbocycles. The Kier molecular flexibility index (Phi) is 7.05. The molecule has 0 aliphatic carbocycles. The quantitative estimate of drug-likeness (QED) is 0.286. The molecule has 3 aliphatic rings. The number of halogens is 2. The number of rotatable bonds is 6. The minimum atomic E-state index is -2.67. The Morgan fingerprint density at radius 3 is 2.40 bits per heavy atom. The fourth-order valence-corrected chi connectivity index (χ4v) is 6.86. The highest BCUT2D eigenvalue weighted by atomic mass is 19.3. The maximum absolute atomic E-state index is 14.1. The molecule has 13 heteroatoms. The van der Waals surface area contributed by atoms with Crippen LogP contribution in [-0.4, -0.2) is 80.0 Å². The first-order valence-corrected chi connectivity index (χ1v) is 15.5. The predicted molar refractivity (Wildman–Crippen MR) is 170 cm³/mol. The number of hydrazine groups is 1. The Bertz CT molecular complexity index is 2060. The van der Waals surface area contributed by atoms with Crippen molar-refractivity contribution >= 4 is 45.5 Å². The van der Waals surface area contributed by atoms with E-state index in [1.165, 1.54) is 16.2 Å². The van der Waals surface area contributed by atoms with Crippen LogP contribution in [0.2, 0.25) is 0 Å². The molecule has 0 bridgehead atoms. The molecule has 2 saturated heterocycles. The van der Waals surface area contributed by atoms with Crippen LogP contribution >= 0.6 is 0 Å². The van der Waals surface area contributed by atoms with Gasteiger partial charge in [0.2, 0.25) is 5.91 Å². The molecule has 11 nitrogen and oxygen atoms in total. The highest BCUT2D eigenvalue weighted by Crippen LogP contribution is 2.35. The van der Waals surface area contributed by atoms with Gasteiger partial charge in [-0.05, 0) is 47.0 Å². The third-order valence-corrected chi connectivity index (χ3v) is 9.26. The van der Waals surface area contributed by atoms with Gasteiger partial charge in [0.05, 0.1) is 24.1 Å². The predicted octanol–water partition coefficient (Wildman–Crippen LogP) is 4.78. The van der Waals surface area contributed by atoms with Gasteiger partial charge in [0.25, 0.3) is 5.91 Å². The van der Waals surface area contributed by atoms with Crippen LogP contribution < -0.4 is 10.2 Å². The average Bonchev–Trinajstić information content (AvgIpc) is 3.59. The standard InChI is InChI=1S/C34H30F2N8O3/c35-33(36)44-28-7-9-37-18-27(28)26-5-2-22(16-29(26)44)23-3-6-30(38-17-23)41-13-11-40(12-14-41)19-21-1-4-25-24(15-21)20-43(32(25)46)42-10-8-31(45)39-34(42)47/h1-7,9,15-18,33H,8,10-14,19-20H2,(H,39,45,47). The van der Waals surface area contributed by atoms with Crippen molar-refractivity contribution in [3.8, 4) is 11.1 Å². The van der Waals surface area contributed by atoms with E-state index in [0.29, 0.717) is 28.5 Å². The summed E-state index contributed by atoms with van der Waals surface area (Å²) in [4.78, 5) is 50.2. The third-order valence-electron chi connectivity index (χ3n) is 9.26. The molecule has 2 aromatic carbocycles. The van der Waals surface area contributed by atoms with E-state index in [1.54, 1.807) is 24.5 Å². The van der Waals surface area contributed by atoms with Gasteiger partial charge in [-0.25, -0.2) is 19.8 Å². The second-order valence-electron chi connectivity index (χ2n) is 12.0. The Morgan fingerprint density at radius 2 is 1.64 bits per heavy atom. The lowest BCUT2D eigenvalue weighted by atomic mass is 10.1. The molecule has 5 aromatic rings. The number of imide groups is 1. The van der Waals surface area contributed by atoms with Gasteiger partial charge in [-0.1, -0.05) is 24.3 Å². The van der Waals surface area contributed by atoms with E-state index in [-0.39, 0.29) is 24.8 Å². The van der Waals surface area contributed by atoms with Crippen LogP contribution in [0.4, 0.5) is 19.4 Å². The third kappa shape index (κ3) is 5.12. The summed E-state index contributed by atoms with van der Waals surface area (Å²) in [7, 11) is 0. The fraction of sp³-hybridized carbons (Fsp3) is 0.265. The van der Waals surface area contributed by atoms with Crippen molar-refractivity contribution in [2.24, 2.45) is 0 Å². The zero-order chi connectivity index (χ0) is 32.2. The van der Waals surface area contributed by atoms with Gasteiger partial charge in [0.1, 0.15) is 5.82 Å². The van der Waals surface area contributed by atoms with Gasteiger partial charge in [-0.3, -0.25) is 29.4 Å². The average molecular weight is 637 g/mol. The van der Waals surface area contributed by atoms with Gasteiger partial charge in [-0.2, -0.15) is 8.78 Å². The van der Waals surface area contributed by atoms with Crippen LogP contribution in [0.3, 0.4) is 0 Å². The lowest BCUT2D eigenvalue weighted by molar-refractivity contribution is -0.123. The number of benzene rings is 2. The van der Waals surface area contributed by atoms with Crippen molar-refractivity contribution in [1.29, 1.82) is 0 Å². The molecular formula is C34H30F2N8O3. The SMILES string of the molecule is O=C1CCN(N2Cc3cc(CN4CCN(c5ccc(-c6ccc7c8cnccc8n(C(F)F)c7c6)cn5)CC4)ccc3C2=O)C(=O)N1. The summed E-state index contributed by atoms with van der Waals surface area (Å²) in [6.45, 7) is 1.78. The molecule has 1 N–H and O–H groups in total. The van der Waals surface area contributed by atoms with Gasteiger partial charge in [0, 0.05) is 79.6 Å². The smallest absolute Gasteiger partial charge is 0.342 e. The van der Waals surface area contributed by atoms with Gasteiger partial charge in [0.15, 0.2) is 0 Å². The molecule has 0 radical (unpaired) electrons. The van der Waals surface area contributed by atoms with Gasteiger partial charge in [-0.15, -0.1) is 0 Å². The summed E-state index contributed by atoms with van der Waals surface area (Å²) in [5, 5.41) is 6.43. The van der Waals surface area contributed by atoms with Crippen molar-refractivity contribution in [1.82, 2.24) is 34.8 Å². The summed E-state index contributed by atoms with van der Waals surface area (Å²) in [6, 6.07) is 16.4. The van der Waals surface area contributed by atoms with Crippen LogP contribution in [0.5, 0.6) is 0 Å². The Hall–Kier alpha value is -5.43. The molecule has 8 rings (SSSR count). The molecule has 0 atom stereocenters. The van der Waals surface area contributed by atoms with E-state index in [4.69, 9.17) is 4.98 Å². The first kappa shape index (κ1) is 29.0. The van der Waals surface area contributed by atoms with E-state index >= 15 is 0 Å². The zero-order valence-electron chi connectivity index (χ0n) is 25.3. The number of hydrogen-bond donors (Lipinski definition) is 1. The lowest BCUT2D eigenvalue weighted by Crippen LogP contribution is -2.56. The molecule has 47 heavy (non-hydrogen) atoms. The summed E-state index contributed by atoms with van der Waals surface area (Å²) >= 11 is 0. The van der Waals surface area contributed by atoms with Crippen molar-refractivity contribution in [3.05, 3.63) is 89.9 Å². The lowest BCUT2D eigenvalue weighted by Gasteiger charge is -2.35. The summed E-state index contributed by atoms with van der Waals surface area (Å²) in [5.74, 6) is 0.288. The number of nitrogens with one attached hydrogen (secondary N) is 1. The Morgan fingerprint density at radius 1 is 0.809 bits per heavy atom. The number of alkyl halides is 2. The number of aromatic nitrogens is 3. The van der Waals surface area contributed by atoms with E-state index in [2.05, 4.69) is 20.1 Å². The number of piperazine rings is 1. The van der Waals surface area contributed by atoms with E-state index in [0.717, 1.165) is 70.7 Å². The van der Waals surface area contributed by atoms with Crippen molar-refractivity contribution < 1.29 is 23.2 Å². The number of pyridine rings is 2. The second kappa shape index (κ2) is 11.4. The van der Waals surface area contributed by atoms with Crippen molar-refractivity contribution in [2.45, 2.75) is 26.1 Å². The van der Waals surface area contributed by atoms with Crippen LogP contribution in [-0.2, 0) is 17.9 Å². The number of anilines is 1. The molecule has 3 aromatic heterocycles. The molecule has 2 fully saturated rings. The second-order valence-corrected chi connectivity index (χ2v) is 12.0. The summed E-state index contributed by atoms with van der Waals surface area (Å²) in [5.41, 5.74) is 5.11. The maximum Gasteiger partial charge on any atom is 0.342 e. The Labute approximate surface area is 268 Å². The molecule has 0 spiro atoms. The molecule has 4 amide bonds. The number of hydrogen-bond acceptors (Lipinski definition) is 7. The Balaban J connectivity index is 0.912. The molecule has 3 aliphatic heterocycles. The highest BCUT2D eigenvalue weighted by molar-refractivity contribution is 6.08. The molecule has 238 valence electrons. The van der Waals surface area contributed by atoms with Crippen LogP contribution in [0.15, 0.2) is 73.2 Å². The number of fused-ring (bicyclic) bond motifs is 4.